The van der Waals surface area contributed by atoms with Crippen molar-refractivity contribution in [1.82, 2.24) is 19.5 Å². The maximum Gasteiger partial charge on any atom is 0.257 e. The normalized spacial score (nSPS) is 11.1. The van der Waals surface area contributed by atoms with E-state index in [0.29, 0.717) is 42.5 Å². The highest BCUT2D eigenvalue weighted by molar-refractivity contribution is 5.95. The molecule has 1 aromatic carbocycles. The van der Waals surface area contributed by atoms with E-state index in [1.807, 2.05) is 52.0 Å². The molecule has 3 aromatic heterocycles. The van der Waals surface area contributed by atoms with E-state index in [4.69, 9.17) is 19.0 Å². The molecule has 4 aromatic rings. The molecule has 4 rings (SSSR count). The molecule has 0 aliphatic rings. The van der Waals surface area contributed by atoms with Crippen LogP contribution in [0.2, 0.25) is 0 Å². The molecule has 8 nitrogen and oxygen atoms in total. The zero-order valence-corrected chi connectivity index (χ0v) is 19.6. The third-order valence-electron chi connectivity index (χ3n) is 5.44. The molecule has 172 valence electrons. The number of carbonyl (C=O) groups excluding carboxylic acids is 1. The second-order valence-electron chi connectivity index (χ2n) is 7.72. The van der Waals surface area contributed by atoms with Crippen molar-refractivity contribution in [3.05, 3.63) is 65.5 Å². The highest BCUT2D eigenvalue weighted by Crippen LogP contribution is 2.36. The molecule has 0 saturated heterocycles. The number of rotatable bonds is 8. The maximum atomic E-state index is 13.1. The Balaban J connectivity index is 1.72. The first-order valence-corrected chi connectivity index (χ1v) is 11.0. The van der Waals surface area contributed by atoms with E-state index in [1.54, 1.807) is 35.0 Å². The highest BCUT2D eigenvalue weighted by atomic mass is 16.5. The fraction of sp³-hybridized carbons (Fsp3) is 0.320. The first-order chi connectivity index (χ1) is 15.9. The summed E-state index contributed by atoms with van der Waals surface area (Å²) >= 11 is 0. The Bertz CT molecular complexity index is 1280. The summed E-state index contributed by atoms with van der Waals surface area (Å²) in [7, 11) is 1.74. The van der Waals surface area contributed by atoms with Crippen molar-refractivity contribution in [2.75, 3.05) is 20.3 Å². The molecule has 0 N–H and O–H groups in total. The molecule has 3 heterocycles. The van der Waals surface area contributed by atoms with E-state index in [2.05, 4.69) is 4.98 Å². The molecule has 0 aliphatic heterocycles. The molecular weight excluding hydrogens is 420 g/mol. The Morgan fingerprint density at radius 2 is 1.88 bits per heavy atom. The van der Waals surface area contributed by atoms with Gasteiger partial charge in [-0.15, -0.1) is 0 Å². The summed E-state index contributed by atoms with van der Waals surface area (Å²) in [5, 5.41) is 4.69. The predicted molar refractivity (Wildman–Crippen MR) is 125 cm³/mol. The average Bonchev–Trinajstić information content (AvgIpc) is 3.42. The minimum atomic E-state index is -0.146. The van der Waals surface area contributed by atoms with E-state index in [9.17, 15) is 4.79 Å². The first-order valence-electron chi connectivity index (χ1n) is 11.0. The molecule has 8 heteroatoms. The number of fused-ring (bicyclic) bond motifs is 1. The Morgan fingerprint density at radius 1 is 1.12 bits per heavy atom. The largest absolute Gasteiger partial charge is 0.490 e. The molecule has 0 radical (unpaired) electrons. The van der Waals surface area contributed by atoms with E-state index < -0.39 is 0 Å². The van der Waals surface area contributed by atoms with Crippen LogP contribution in [0.3, 0.4) is 0 Å². The minimum Gasteiger partial charge on any atom is -0.490 e. The van der Waals surface area contributed by atoms with Crippen molar-refractivity contribution in [3.63, 3.8) is 0 Å². The summed E-state index contributed by atoms with van der Waals surface area (Å²) in [6.07, 6.45) is 3.21. The van der Waals surface area contributed by atoms with Crippen molar-refractivity contribution in [3.8, 4) is 22.6 Å². The van der Waals surface area contributed by atoms with Crippen molar-refractivity contribution >= 4 is 11.6 Å². The predicted octanol–water partition coefficient (Wildman–Crippen LogP) is 4.68. The molecule has 0 atom stereocenters. The monoisotopic (exact) mass is 448 g/mol. The zero-order valence-electron chi connectivity index (χ0n) is 19.6. The standard InChI is InChI=1S/C25H28N4O4/c1-6-31-21-11-10-18(13-22(21)32-7-2)23-16(3)27-29-17(4)20(14-26-24(23)29)25(30)28(5)15-19-9-8-12-33-19/h8-14H,6-7,15H2,1-5H3. The number of aromatic nitrogens is 3. The third-order valence-corrected chi connectivity index (χ3v) is 5.44. The van der Waals surface area contributed by atoms with Gasteiger partial charge >= 0.3 is 0 Å². The van der Waals surface area contributed by atoms with Gasteiger partial charge in [0.2, 0.25) is 0 Å². The number of benzene rings is 1. The Morgan fingerprint density at radius 3 is 2.58 bits per heavy atom. The summed E-state index contributed by atoms with van der Waals surface area (Å²) in [6, 6.07) is 9.48. The van der Waals surface area contributed by atoms with Crippen LogP contribution in [0.1, 0.15) is 41.4 Å². The van der Waals surface area contributed by atoms with E-state index in [1.165, 1.54) is 0 Å². The fourth-order valence-electron chi connectivity index (χ4n) is 3.87. The number of amides is 1. The number of hydrogen-bond acceptors (Lipinski definition) is 6. The summed E-state index contributed by atoms with van der Waals surface area (Å²) in [5.41, 5.74) is 4.53. The fourth-order valence-corrected chi connectivity index (χ4v) is 3.87. The molecule has 1 amide bonds. The number of nitrogens with zero attached hydrogens (tertiary/aromatic N) is 4. The lowest BCUT2D eigenvalue weighted by molar-refractivity contribution is 0.0773. The zero-order chi connectivity index (χ0) is 23.5. The van der Waals surface area contributed by atoms with Crippen LogP contribution in [0.25, 0.3) is 16.8 Å². The molecule has 0 fully saturated rings. The van der Waals surface area contributed by atoms with Gasteiger partial charge in [-0.25, -0.2) is 9.50 Å². The topological polar surface area (TPSA) is 82.1 Å². The lowest BCUT2D eigenvalue weighted by Crippen LogP contribution is -2.27. The van der Waals surface area contributed by atoms with E-state index in [0.717, 1.165) is 28.3 Å². The SMILES string of the molecule is CCOc1ccc(-c2c(C)nn3c(C)c(C(=O)N(C)Cc4ccco4)cnc23)cc1OCC. The van der Waals surface area contributed by atoms with Gasteiger partial charge in [0.25, 0.3) is 5.91 Å². The highest BCUT2D eigenvalue weighted by Gasteiger charge is 2.22. The quantitative estimate of drug-likeness (QED) is 0.389. The van der Waals surface area contributed by atoms with Gasteiger partial charge in [0, 0.05) is 18.8 Å². The summed E-state index contributed by atoms with van der Waals surface area (Å²) in [6.45, 7) is 9.16. The smallest absolute Gasteiger partial charge is 0.257 e. The van der Waals surface area contributed by atoms with Crippen LogP contribution in [0.4, 0.5) is 0 Å². The molecule has 0 spiro atoms. The van der Waals surface area contributed by atoms with Gasteiger partial charge in [-0.2, -0.15) is 5.10 Å². The van der Waals surface area contributed by atoms with Crippen molar-refractivity contribution < 1.29 is 18.7 Å². The minimum absolute atomic E-state index is 0.146. The van der Waals surface area contributed by atoms with Crippen LogP contribution in [0.15, 0.2) is 47.2 Å². The average molecular weight is 449 g/mol. The lowest BCUT2D eigenvalue weighted by Gasteiger charge is -2.17. The Hall–Kier alpha value is -3.81. The van der Waals surface area contributed by atoms with Gasteiger partial charge in [0.1, 0.15) is 5.76 Å². The lowest BCUT2D eigenvalue weighted by atomic mass is 10.1. The molecule has 0 aliphatic carbocycles. The summed E-state index contributed by atoms with van der Waals surface area (Å²) in [4.78, 5) is 19.3. The van der Waals surface area contributed by atoms with Crippen LogP contribution in [0.5, 0.6) is 11.5 Å². The molecular formula is C25H28N4O4. The molecule has 0 saturated carbocycles. The van der Waals surface area contributed by atoms with Crippen LogP contribution in [-0.2, 0) is 6.54 Å². The number of hydrogen-bond donors (Lipinski definition) is 0. The van der Waals surface area contributed by atoms with Crippen molar-refractivity contribution in [2.45, 2.75) is 34.2 Å². The molecule has 33 heavy (non-hydrogen) atoms. The maximum absolute atomic E-state index is 13.1. The van der Waals surface area contributed by atoms with Crippen molar-refractivity contribution in [1.29, 1.82) is 0 Å². The molecule has 0 unspecified atom stereocenters. The van der Waals surface area contributed by atoms with Gasteiger partial charge < -0.3 is 18.8 Å². The van der Waals surface area contributed by atoms with E-state index >= 15 is 0 Å². The van der Waals surface area contributed by atoms with Crippen LogP contribution in [-0.4, -0.2) is 45.7 Å². The second kappa shape index (κ2) is 9.36. The number of furan rings is 1. The van der Waals surface area contributed by atoms with Gasteiger partial charge in [-0.3, -0.25) is 4.79 Å². The van der Waals surface area contributed by atoms with Crippen molar-refractivity contribution in [2.24, 2.45) is 0 Å². The number of carbonyl (C=O) groups is 1. The van der Waals surface area contributed by atoms with Gasteiger partial charge in [-0.1, -0.05) is 6.07 Å². The second-order valence-corrected chi connectivity index (χ2v) is 7.72. The summed E-state index contributed by atoms with van der Waals surface area (Å²) in [5.74, 6) is 1.95. The van der Waals surface area contributed by atoms with Crippen LogP contribution < -0.4 is 9.47 Å². The first kappa shape index (κ1) is 22.4. The Labute approximate surface area is 192 Å². The van der Waals surface area contributed by atoms with Gasteiger partial charge in [0.15, 0.2) is 17.1 Å². The Kier molecular flexibility index (Phi) is 6.35. The molecule has 0 bridgehead atoms. The number of aryl methyl sites for hydroxylation is 2. The van der Waals surface area contributed by atoms with E-state index in [-0.39, 0.29) is 5.91 Å². The van der Waals surface area contributed by atoms with Crippen LogP contribution in [0, 0.1) is 13.8 Å². The van der Waals surface area contributed by atoms with Gasteiger partial charge in [-0.05, 0) is 57.5 Å². The van der Waals surface area contributed by atoms with Crippen LogP contribution >= 0.6 is 0 Å². The van der Waals surface area contributed by atoms with Gasteiger partial charge in [0.05, 0.1) is 43.0 Å². The summed E-state index contributed by atoms with van der Waals surface area (Å²) < 4.78 is 18.6. The third kappa shape index (κ3) is 4.28. The number of ether oxygens (including phenoxy) is 2.